The topological polar surface area (TPSA) is 47.9 Å². The minimum Gasteiger partial charge on any atom is -0.293 e. The quantitative estimate of drug-likeness (QED) is 0.359. The molecule has 1 rings (SSSR count). The van der Waals surface area contributed by atoms with E-state index in [0.29, 0.717) is 0 Å². The summed E-state index contributed by atoms with van der Waals surface area (Å²) in [6, 6.07) is 2.23. The van der Waals surface area contributed by atoms with Crippen molar-refractivity contribution in [3.8, 4) is 6.07 Å². The lowest BCUT2D eigenvalue weighted by Crippen LogP contribution is -2.49. The second-order valence-electron chi connectivity index (χ2n) is 1.95. The van der Waals surface area contributed by atoms with Gasteiger partial charge >= 0.3 is 0 Å². The first-order valence-corrected chi connectivity index (χ1v) is 4.10. The number of hydrogen-bond donors (Lipinski definition) is 2. The van der Waals surface area contributed by atoms with E-state index in [1.54, 1.807) is 0 Å². The third kappa shape index (κ3) is 2.08. The number of alkyl halides is 1. The maximum absolute atomic E-state index is 8.47. The lowest BCUT2D eigenvalue weighted by molar-refractivity contribution is 0.428. The minimum absolute atomic E-state index is 0.0492. The normalized spacial score (nSPS) is 35.6. The summed E-state index contributed by atoms with van der Waals surface area (Å²) in [5.74, 6) is 0. The first kappa shape index (κ1) is 7.25. The van der Waals surface area contributed by atoms with Crippen LogP contribution in [-0.4, -0.2) is 16.8 Å². The van der Waals surface area contributed by atoms with Gasteiger partial charge in [0.2, 0.25) is 0 Å². The highest BCUT2D eigenvalue weighted by molar-refractivity contribution is 14.1. The highest BCUT2D eigenvalue weighted by Gasteiger charge is 2.16. The van der Waals surface area contributed by atoms with Gasteiger partial charge in [-0.2, -0.15) is 5.26 Å². The van der Waals surface area contributed by atoms with Crippen LogP contribution in [0.4, 0.5) is 0 Å². The third-order valence-electron chi connectivity index (χ3n) is 1.26. The second kappa shape index (κ2) is 3.34. The van der Waals surface area contributed by atoms with Crippen molar-refractivity contribution in [3.05, 3.63) is 0 Å². The fourth-order valence-corrected chi connectivity index (χ4v) is 1.52. The molecule has 9 heavy (non-hydrogen) atoms. The van der Waals surface area contributed by atoms with Gasteiger partial charge in [0.1, 0.15) is 4.17 Å². The van der Waals surface area contributed by atoms with E-state index < -0.39 is 0 Å². The van der Waals surface area contributed by atoms with E-state index in [4.69, 9.17) is 5.26 Å². The molecule has 1 fully saturated rings. The van der Waals surface area contributed by atoms with Crippen LogP contribution in [0.1, 0.15) is 6.42 Å². The standard InChI is InChI=1S/C5H8IN3/c6-5-8-2-1-4(3-7)9-5/h4-5,8-9H,1-2H2. The fraction of sp³-hybridized carbons (Fsp3) is 0.800. The van der Waals surface area contributed by atoms with Crippen LogP contribution in [-0.2, 0) is 0 Å². The Kier molecular flexibility index (Phi) is 2.69. The highest BCUT2D eigenvalue weighted by Crippen LogP contribution is 2.02. The molecule has 50 valence electrons. The summed E-state index contributed by atoms with van der Waals surface area (Å²) in [4.78, 5) is 0. The molecule has 3 nitrogen and oxygen atoms in total. The lowest BCUT2D eigenvalue weighted by Gasteiger charge is -2.23. The van der Waals surface area contributed by atoms with Gasteiger partial charge in [0, 0.05) is 0 Å². The number of nitriles is 1. The zero-order valence-electron chi connectivity index (χ0n) is 4.89. The van der Waals surface area contributed by atoms with Gasteiger partial charge in [0.05, 0.1) is 12.1 Å². The SMILES string of the molecule is N#CC1CCNC(I)N1. The maximum atomic E-state index is 8.47. The first-order chi connectivity index (χ1) is 4.33. The van der Waals surface area contributed by atoms with Gasteiger partial charge in [-0.15, -0.1) is 0 Å². The molecule has 0 aromatic heterocycles. The summed E-state index contributed by atoms with van der Waals surface area (Å²) in [5.41, 5.74) is 0. The Balaban J connectivity index is 2.34. The molecule has 0 aromatic carbocycles. The van der Waals surface area contributed by atoms with Gasteiger partial charge in [0.25, 0.3) is 0 Å². The van der Waals surface area contributed by atoms with Crippen LogP contribution >= 0.6 is 22.6 Å². The second-order valence-corrected chi connectivity index (χ2v) is 3.20. The van der Waals surface area contributed by atoms with Crippen molar-refractivity contribution in [2.45, 2.75) is 16.6 Å². The van der Waals surface area contributed by atoms with E-state index in [9.17, 15) is 0 Å². The van der Waals surface area contributed by atoms with Crippen LogP contribution in [0.5, 0.6) is 0 Å². The molecular formula is C5H8IN3. The van der Waals surface area contributed by atoms with Crippen LogP contribution < -0.4 is 10.6 Å². The predicted octanol–water partition coefficient (Wildman–Crippen LogP) is 0.180. The molecule has 4 heteroatoms. The predicted molar refractivity (Wildman–Crippen MR) is 43.0 cm³/mol. The Hall–Kier alpha value is 0.140. The molecule has 1 heterocycles. The average molecular weight is 237 g/mol. The molecule has 0 saturated carbocycles. The Morgan fingerprint density at radius 1 is 1.67 bits per heavy atom. The van der Waals surface area contributed by atoms with Crippen molar-refractivity contribution in [1.29, 1.82) is 5.26 Å². The summed E-state index contributed by atoms with van der Waals surface area (Å²) in [7, 11) is 0. The Bertz CT molecular complexity index is 131. The van der Waals surface area contributed by atoms with Gasteiger partial charge in [-0.1, -0.05) is 0 Å². The van der Waals surface area contributed by atoms with Gasteiger partial charge < -0.3 is 0 Å². The van der Waals surface area contributed by atoms with Crippen LogP contribution in [0.25, 0.3) is 0 Å². The maximum Gasteiger partial charge on any atom is 0.112 e. The van der Waals surface area contributed by atoms with Crippen LogP contribution in [0.3, 0.4) is 0 Å². The van der Waals surface area contributed by atoms with Crippen molar-refractivity contribution in [3.63, 3.8) is 0 Å². The zero-order chi connectivity index (χ0) is 6.69. The molecule has 1 aliphatic heterocycles. The smallest absolute Gasteiger partial charge is 0.112 e. The van der Waals surface area contributed by atoms with Crippen molar-refractivity contribution in [2.75, 3.05) is 6.54 Å². The van der Waals surface area contributed by atoms with Crippen molar-refractivity contribution < 1.29 is 0 Å². The molecule has 0 aliphatic carbocycles. The molecule has 0 aromatic rings. The van der Waals surface area contributed by atoms with Crippen molar-refractivity contribution in [1.82, 2.24) is 10.6 Å². The van der Waals surface area contributed by atoms with Gasteiger partial charge in [-0.05, 0) is 35.6 Å². The largest absolute Gasteiger partial charge is 0.293 e. The monoisotopic (exact) mass is 237 g/mol. The van der Waals surface area contributed by atoms with E-state index in [1.807, 2.05) is 0 Å². The number of nitrogens with one attached hydrogen (secondary N) is 2. The Labute approximate surface area is 67.9 Å². The van der Waals surface area contributed by atoms with Gasteiger partial charge in [0.15, 0.2) is 0 Å². The molecule has 0 radical (unpaired) electrons. The van der Waals surface area contributed by atoms with Gasteiger partial charge in [-0.25, -0.2) is 0 Å². The number of hydrogen-bond acceptors (Lipinski definition) is 3. The molecule has 2 N–H and O–H groups in total. The highest BCUT2D eigenvalue weighted by atomic mass is 127. The third-order valence-corrected chi connectivity index (χ3v) is 2.06. The van der Waals surface area contributed by atoms with Crippen LogP contribution in [0.2, 0.25) is 0 Å². The average Bonchev–Trinajstić information content (AvgIpc) is 1.88. The fourth-order valence-electron chi connectivity index (χ4n) is 0.775. The molecular weight excluding hydrogens is 229 g/mol. The zero-order valence-corrected chi connectivity index (χ0v) is 7.05. The Morgan fingerprint density at radius 3 is 2.89 bits per heavy atom. The van der Waals surface area contributed by atoms with E-state index in [-0.39, 0.29) is 10.2 Å². The molecule has 2 atom stereocenters. The van der Waals surface area contributed by atoms with Gasteiger partial charge in [-0.3, -0.25) is 10.6 Å². The number of halogens is 1. The van der Waals surface area contributed by atoms with Crippen LogP contribution in [0.15, 0.2) is 0 Å². The first-order valence-electron chi connectivity index (χ1n) is 2.86. The van der Waals surface area contributed by atoms with Crippen molar-refractivity contribution in [2.24, 2.45) is 0 Å². The van der Waals surface area contributed by atoms with E-state index in [0.717, 1.165) is 13.0 Å². The summed E-state index contributed by atoms with van der Waals surface area (Å²) in [6.45, 7) is 0.943. The minimum atomic E-state index is 0.0492. The van der Waals surface area contributed by atoms with Crippen molar-refractivity contribution >= 4 is 22.6 Å². The van der Waals surface area contributed by atoms with E-state index in [2.05, 4.69) is 39.3 Å². The Morgan fingerprint density at radius 2 is 2.44 bits per heavy atom. The van der Waals surface area contributed by atoms with E-state index >= 15 is 0 Å². The molecule has 2 unspecified atom stereocenters. The molecule has 0 spiro atoms. The lowest BCUT2D eigenvalue weighted by atomic mass is 10.2. The molecule has 0 amide bonds. The number of nitrogens with zero attached hydrogens (tertiary/aromatic N) is 1. The molecule has 0 bridgehead atoms. The van der Waals surface area contributed by atoms with Crippen LogP contribution in [0, 0.1) is 11.3 Å². The molecule has 1 aliphatic rings. The van der Waals surface area contributed by atoms with E-state index in [1.165, 1.54) is 0 Å². The number of rotatable bonds is 0. The summed E-state index contributed by atoms with van der Waals surface area (Å²) in [6.07, 6.45) is 0.913. The molecule has 1 saturated heterocycles. The summed E-state index contributed by atoms with van der Waals surface area (Å²) in [5, 5.41) is 14.7. The summed E-state index contributed by atoms with van der Waals surface area (Å²) < 4.78 is 0.265. The summed E-state index contributed by atoms with van der Waals surface area (Å²) >= 11 is 2.22.